The normalized spacial score (nSPS) is 15.7. The first-order valence-corrected chi connectivity index (χ1v) is 7.44. The third kappa shape index (κ3) is 2.48. The standard InChI is InChI=1S/C15H14Cl2N2O/c16-11-5-6-13(14(17)7-11)15-10(9-20)8-19(18-15)12-3-1-2-4-12/h5-9,12H,1-4H2. The summed E-state index contributed by atoms with van der Waals surface area (Å²) >= 11 is 12.1. The molecule has 1 saturated carbocycles. The minimum absolute atomic E-state index is 0.397. The van der Waals surface area contributed by atoms with Gasteiger partial charge >= 0.3 is 0 Å². The van der Waals surface area contributed by atoms with Gasteiger partial charge in [0.05, 0.1) is 16.6 Å². The summed E-state index contributed by atoms with van der Waals surface area (Å²) in [6, 6.07) is 5.63. The van der Waals surface area contributed by atoms with Crippen molar-refractivity contribution in [3.05, 3.63) is 40.0 Å². The zero-order valence-electron chi connectivity index (χ0n) is 10.9. The number of benzene rings is 1. The lowest BCUT2D eigenvalue weighted by atomic mass is 10.1. The molecule has 0 radical (unpaired) electrons. The molecule has 104 valence electrons. The molecular formula is C15H14Cl2N2O. The Balaban J connectivity index is 2.05. The zero-order chi connectivity index (χ0) is 14.1. The van der Waals surface area contributed by atoms with E-state index in [0.29, 0.717) is 27.3 Å². The van der Waals surface area contributed by atoms with Crippen molar-refractivity contribution in [3.63, 3.8) is 0 Å². The Morgan fingerprint density at radius 1 is 1.25 bits per heavy atom. The maximum absolute atomic E-state index is 11.3. The second-order valence-corrected chi connectivity index (χ2v) is 5.94. The fraction of sp³-hybridized carbons (Fsp3) is 0.333. The summed E-state index contributed by atoms with van der Waals surface area (Å²) in [5, 5.41) is 5.66. The maximum atomic E-state index is 11.3. The van der Waals surface area contributed by atoms with Gasteiger partial charge in [-0.25, -0.2) is 0 Å². The summed E-state index contributed by atoms with van der Waals surface area (Å²) in [7, 11) is 0. The van der Waals surface area contributed by atoms with E-state index < -0.39 is 0 Å². The number of rotatable bonds is 3. The highest BCUT2D eigenvalue weighted by Crippen LogP contribution is 2.34. The van der Waals surface area contributed by atoms with Crippen molar-refractivity contribution >= 4 is 29.5 Å². The van der Waals surface area contributed by atoms with E-state index in [0.717, 1.165) is 24.7 Å². The molecule has 1 fully saturated rings. The molecule has 1 aromatic carbocycles. The molecule has 5 heteroatoms. The highest BCUT2D eigenvalue weighted by molar-refractivity contribution is 6.36. The van der Waals surface area contributed by atoms with Gasteiger partial charge in [0.1, 0.15) is 5.69 Å². The highest BCUT2D eigenvalue weighted by atomic mass is 35.5. The fourth-order valence-electron chi connectivity index (χ4n) is 2.74. The maximum Gasteiger partial charge on any atom is 0.153 e. The van der Waals surface area contributed by atoms with Crippen LogP contribution in [0.2, 0.25) is 10.0 Å². The number of aldehydes is 1. The van der Waals surface area contributed by atoms with Crippen LogP contribution in [0.5, 0.6) is 0 Å². The van der Waals surface area contributed by atoms with Gasteiger partial charge in [0.15, 0.2) is 6.29 Å². The fourth-order valence-corrected chi connectivity index (χ4v) is 3.24. The molecular weight excluding hydrogens is 295 g/mol. The zero-order valence-corrected chi connectivity index (χ0v) is 12.4. The topological polar surface area (TPSA) is 34.9 Å². The minimum atomic E-state index is 0.397. The number of hydrogen-bond acceptors (Lipinski definition) is 2. The molecule has 1 heterocycles. The van der Waals surface area contributed by atoms with Crippen LogP contribution in [0.25, 0.3) is 11.3 Å². The largest absolute Gasteiger partial charge is 0.298 e. The Hall–Kier alpha value is -1.32. The van der Waals surface area contributed by atoms with Crippen molar-refractivity contribution < 1.29 is 4.79 Å². The van der Waals surface area contributed by atoms with Gasteiger partial charge in [-0.1, -0.05) is 36.0 Å². The van der Waals surface area contributed by atoms with E-state index in [4.69, 9.17) is 23.2 Å². The summed E-state index contributed by atoms with van der Waals surface area (Å²) in [5.41, 5.74) is 1.95. The third-order valence-electron chi connectivity index (χ3n) is 3.77. The first kappa shape index (κ1) is 13.7. The van der Waals surface area contributed by atoms with Gasteiger partial charge in [-0.05, 0) is 31.0 Å². The molecule has 1 aromatic heterocycles. The van der Waals surface area contributed by atoms with Crippen molar-refractivity contribution in [1.82, 2.24) is 9.78 Å². The predicted molar refractivity (Wildman–Crippen MR) is 80.6 cm³/mol. The van der Waals surface area contributed by atoms with Gasteiger partial charge in [0.25, 0.3) is 0 Å². The Kier molecular flexibility index (Phi) is 3.81. The molecule has 0 spiro atoms. The van der Waals surface area contributed by atoms with Gasteiger partial charge < -0.3 is 0 Å². The van der Waals surface area contributed by atoms with Gasteiger partial charge in [0, 0.05) is 16.8 Å². The lowest BCUT2D eigenvalue weighted by Gasteiger charge is -2.09. The van der Waals surface area contributed by atoms with E-state index in [9.17, 15) is 4.79 Å². The van der Waals surface area contributed by atoms with Crippen LogP contribution >= 0.6 is 23.2 Å². The molecule has 0 unspecified atom stereocenters. The first-order valence-electron chi connectivity index (χ1n) is 6.69. The average molecular weight is 309 g/mol. The van der Waals surface area contributed by atoms with Crippen LogP contribution in [0.4, 0.5) is 0 Å². The molecule has 0 amide bonds. The lowest BCUT2D eigenvalue weighted by Crippen LogP contribution is -2.04. The molecule has 0 aliphatic heterocycles. The van der Waals surface area contributed by atoms with Crippen LogP contribution < -0.4 is 0 Å². The van der Waals surface area contributed by atoms with Crippen molar-refractivity contribution in [2.75, 3.05) is 0 Å². The molecule has 0 N–H and O–H groups in total. The summed E-state index contributed by atoms with van der Waals surface area (Å²) in [6.07, 6.45) is 7.33. The molecule has 0 atom stereocenters. The number of carbonyl (C=O) groups excluding carboxylic acids is 1. The van der Waals surface area contributed by atoms with Crippen molar-refractivity contribution in [2.24, 2.45) is 0 Å². The summed E-state index contributed by atoms with van der Waals surface area (Å²) in [4.78, 5) is 11.3. The van der Waals surface area contributed by atoms with Crippen LogP contribution in [-0.4, -0.2) is 16.1 Å². The van der Waals surface area contributed by atoms with E-state index in [1.54, 1.807) is 18.2 Å². The van der Waals surface area contributed by atoms with E-state index in [-0.39, 0.29) is 0 Å². The summed E-state index contributed by atoms with van der Waals surface area (Å²) in [6.45, 7) is 0. The molecule has 1 aliphatic rings. The second-order valence-electron chi connectivity index (χ2n) is 5.09. The van der Waals surface area contributed by atoms with Gasteiger partial charge in [-0.2, -0.15) is 5.10 Å². The third-order valence-corrected chi connectivity index (χ3v) is 4.32. The molecule has 20 heavy (non-hydrogen) atoms. The number of aromatic nitrogens is 2. The number of hydrogen-bond donors (Lipinski definition) is 0. The molecule has 1 aliphatic carbocycles. The van der Waals surface area contributed by atoms with Crippen LogP contribution in [0.15, 0.2) is 24.4 Å². The monoisotopic (exact) mass is 308 g/mol. The lowest BCUT2D eigenvalue weighted by molar-refractivity contribution is 0.112. The highest BCUT2D eigenvalue weighted by Gasteiger charge is 2.21. The quantitative estimate of drug-likeness (QED) is 0.764. The van der Waals surface area contributed by atoms with E-state index >= 15 is 0 Å². The molecule has 0 saturated heterocycles. The molecule has 3 nitrogen and oxygen atoms in total. The minimum Gasteiger partial charge on any atom is -0.298 e. The Morgan fingerprint density at radius 3 is 2.65 bits per heavy atom. The van der Waals surface area contributed by atoms with Crippen LogP contribution in [0.3, 0.4) is 0 Å². The van der Waals surface area contributed by atoms with E-state index in [1.807, 2.05) is 10.9 Å². The summed E-state index contributed by atoms with van der Waals surface area (Å²) < 4.78 is 1.91. The Morgan fingerprint density at radius 2 is 2.00 bits per heavy atom. The predicted octanol–water partition coefficient (Wildman–Crippen LogP) is 4.78. The molecule has 3 rings (SSSR count). The number of nitrogens with zero attached hydrogens (tertiary/aromatic N) is 2. The van der Waals surface area contributed by atoms with Gasteiger partial charge in [0.2, 0.25) is 0 Å². The Labute approximate surface area is 127 Å². The van der Waals surface area contributed by atoms with Crippen molar-refractivity contribution in [1.29, 1.82) is 0 Å². The SMILES string of the molecule is O=Cc1cn(C2CCCC2)nc1-c1ccc(Cl)cc1Cl. The van der Waals surface area contributed by atoms with E-state index in [1.165, 1.54) is 12.8 Å². The Bertz CT molecular complexity index is 645. The number of halogens is 2. The van der Waals surface area contributed by atoms with Crippen molar-refractivity contribution in [3.8, 4) is 11.3 Å². The average Bonchev–Trinajstić information content (AvgIpc) is 3.07. The van der Waals surface area contributed by atoms with Crippen LogP contribution in [0, 0.1) is 0 Å². The number of carbonyl (C=O) groups is 1. The summed E-state index contributed by atoms with van der Waals surface area (Å²) in [5.74, 6) is 0. The molecule has 2 aromatic rings. The van der Waals surface area contributed by atoms with Gasteiger partial charge in [-0.3, -0.25) is 9.48 Å². The van der Waals surface area contributed by atoms with Crippen LogP contribution in [0.1, 0.15) is 42.1 Å². The van der Waals surface area contributed by atoms with E-state index in [2.05, 4.69) is 5.10 Å². The smallest absolute Gasteiger partial charge is 0.153 e. The molecule has 0 bridgehead atoms. The first-order chi connectivity index (χ1) is 9.69. The van der Waals surface area contributed by atoms with Gasteiger partial charge in [-0.15, -0.1) is 0 Å². The van der Waals surface area contributed by atoms with Crippen LogP contribution in [-0.2, 0) is 0 Å². The second kappa shape index (κ2) is 5.58. The van der Waals surface area contributed by atoms with Crippen molar-refractivity contribution in [2.45, 2.75) is 31.7 Å².